The number of carbonyl (C=O) groups is 5. The molecule has 1 aliphatic heterocycles. The summed E-state index contributed by atoms with van der Waals surface area (Å²) in [7, 11) is 0. The van der Waals surface area contributed by atoms with Crippen LogP contribution in [0.3, 0.4) is 0 Å². The second-order valence-corrected chi connectivity index (χ2v) is 7.97. The van der Waals surface area contributed by atoms with Crippen LogP contribution in [0.15, 0.2) is 23.7 Å². The van der Waals surface area contributed by atoms with Crippen molar-refractivity contribution in [1.82, 2.24) is 4.98 Å². The molecular formula is C21H25NO10S. The second kappa shape index (κ2) is 12.2. The first kappa shape index (κ1) is 26.1. The fraction of sp³-hybridized carbons (Fsp3) is 0.524. The van der Waals surface area contributed by atoms with Crippen molar-refractivity contribution in [2.45, 2.75) is 64.6 Å². The normalized spacial score (nSPS) is 24.7. The number of nitrogens with zero attached hydrogens (tertiary/aromatic N) is 1. The van der Waals surface area contributed by atoms with Gasteiger partial charge in [-0.25, -0.2) is 4.98 Å². The summed E-state index contributed by atoms with van der Waals surface area (Å²) < 4.78 is 27.0. The van der Waals surface area contributed by atoms with E-state index in [1.54, 1.807) is 5.38 Å². The minimum atomic E-state index is -1.24. The van der Waals surface area contributed by atoms with Crippen molar-refractivity contribution in [1.29, 1.82) is 0 Å². The average Bonchev–Trinajstić information content (AvgIpc) is 3.24. The van der Waals surface area contributed by atoms with E-state index in [9.17, 15) is 24.0 Å². The van der Waals surface area contributed by atoms with Crippen LogP contribution in [0.4, 0.5) is 0 Å². The lowest BCUT2D eigenvalue weighted by Crippen LogP contribution is -2.62. The van der Waals surface area contributed by atoms with Crippen LogP contribution in [0, 0.1) is 0 Å². The Morgan fingerprint density at radius 1 is 0.909 bits per heavy atom. The number of aromatic nitrogens is 1. The van der Waals surface area contributed by atoms with Gasteiger partial charge in [0.25, 0.3) is 0 Å². The molecule has 0 aromatic carbocycles. The summed E-state index contributed by atoms with van der Waals surface area (Å²) >= 11 is 1.18. The third-order valence-electron chi connectivity index (χ3n) is 4.37. The van der Waals surface area contributed by atoms with E-state index in [2.05, 4.69) is 4.98 Å². The fourth-order valence-electron chi connectivity index (χ4n) is 3.23. The van der Waals surface area contributed by atoms with Crippen LogP contribution < -0.4 is 0 Å². The molecular weight excluding hydrogens is 458 g/mol. The molecule has 33 heavy (non-hydrogen) atoms. The van der Waals surface area contributed by atoms with Gasteiger partial charge >= 0.3 is 23.9 Å². The molecule has 1 saturated heterocycles. The number of hydrogen-bond donors (Lipinski definition) is 0. The van der Waals surface area contributed by atoms with Gasteiger partial charge in [-0.1, -0.05) is 6.08 Å². The molecule has 180 valence electrons. The third kappa shape index (κ3) is 8.06. The summed E-state index contributed by atoms with van der Waals surface area (Å²) in [5, 5.41) is 1.97. The smallest absolute Gasteiger partial charge is 0.303 e. The Morgan fingerprint density at radius 3 is 2.00 bits per heavy atom. The summed E-state index contributed by atoms with van der Waals surface area (Å²) in [6.45, 7) is 4.34. The van der Waals surface area contributed by atoms with Gasteiger partial charge in [-0.3, -0.25) is 24.0 Å². The zero-order chi connectivity index (χ0) is 24.5. The lowest BCUT2D eigenvalue weighted by atomic mass is 9.92. The van der Waals surface area contributed by atoms with Crippen molar-refractivity contribution < 1.29 is 47.7 Å². The highest BCUT2D eigenvalue weighted by Crippen LogP contribution is 2.31. The summed E-state index contributed by atoms with van der Waals surface area (Å²) in [4.78, 5) is 62.7. The molecule has 2 heterocycles. The topological polar surface area (TPSA) is 144 Å². The van der Waals surface area contributed by atoms with Gasteiger partial charge in [0.2, 0.25) is 5.78 Å². The maximum absolute atomic E-state index is 12.2. The first-order valence-corrected chi connectivity index (χ1v) is 10.9. The number of hydrogen-bond acceptors (Lipinski definition) is 12. The molecule has 0 bridgehead atoms. The van der Waals surface area contributed by atoms with E-state index in [0.717, 1.165) is 20.8 Å². The van der Waals surface area contributed by atoms with Gasteiger partial charge in [-0.15, -0.1) is 11.3 Å². The maximum atomic E-state index is 12.2. The Labute approximate surface area is 194 Å². The minimum Gasteiger partial charge on any atom is -0.463 e. The van der Waals surface area contributed by atoms with Crippen LogP contribution >= 0.6 is 11.3 Å². The molecule has 0 radical (unpaired) electrons. The van der Waals surface area contributed by atoms with Crippen LogP contribution in [-0.4, -0.2) is 71.8 Å². The zero-order valence-electron chi connectivity index (χ0n) is 18.5. The fourth-order valence-corrected chi connectivity index (χ4v) is 3.79. The van der Waals surface area contributed by atoms with Crippen LogP contribution in [-0.2, 0) is 42.9 Å². The summed E-state index contributed by atoms with van der Waals surface area (Å²) in [6, 6.07) is 0. The Kier molecular flexibility index (Phi) is 9.67. The standard InChI is InChI=1S/C21H25NO10S/c1-11(23)28-10-17-19(30-13(3)25)20(31-14(4)26)18(29-12(2)24)16(32-17)7-5-6-15(27)21-22-8-9-33-21/h5-6,8-9,16-20H,7,10H2,1-4H3/b6-5+/t16-,17-,18+,19-,20-/m1/s1. The molecule has 0 spiro atoms. The maximum Gasteiger partial charge on any atom is 0.303 e. The first-order valence-electron chi connectivity index (χ1n) is 9.99. The molecule has 0 aliphatic carbocycles. The molecule has 1 aromatic heterocycles. The van der Waals surface area contributed by atoms with E-state index in [1.807, 2.05) is 0 Å². The molecule has 1 fully saturated rings. The van der Waals surface area contributed by atoms with E-state index >= 15 is 0 Å². The largest absolute Gasteiger partial charge is 0.463 e. The monoisotopic (exact) mass is 483 g/mol. The summed E-state index contributed by atoms with van der Waals surface area (Å²) in [6.07, 6.45) is -1.18. The number of esters is 4. The molecule has 2 rings (SSSR count). The number of rotatable bonds is 9. The van der Waals surface area contributed by atoms with Gasteiger partial charge in [-0.05, 0) is 12.5 Å². The first-order chi connectivity index (χ1) is 15.6. The van der Waals surface area contributed by atoms with Crippen LogP contribution in [0.25, 0.3) is 0 Å². The van der Waals surface area contributed by atoms with E-state index < -0.39 is 54.4 Å². The number of thiazole rings is 1. The minimum absolute atomic E-state index is 0.0657. The Bertz CT molecular complexity index is 897. The SMILES string of the molecule is CC(=O)OC[C@H]1O[C@H](C/C=C/C(=O)c2nccs2)[C@H](OC(C)=O)[C@@H](OC(C)=O)[C@@H]1OC(C)=O. The molecule has 0 amide bonds. The van der Waals surface area contributed by atoms with Crippen molar-refractivity contribution in [3.63, 3.8) is 0 Å². The van der Waals surface area contributed by atoms with E-state index in [-0.39, 0.29) is 18.8 Å². The molecule has 11 nitrogen and oxygen atoms in total. The van der Waals surface area contributed by atoms with E-state index in [4.69, 9.17) is 23.7 Å². The number of ketones is 1. The van der Waals surface area contributed by atoms with Gasteiger partial charge in [0.15, 0.2) is 23.3 Å². The van der Waals surface area contributed by atoms with Crippen LogP contribution in [0.1, 0.15) is 43.9 Å². The van der Waals surface area contributed by atoms with Gasteiger partial charge in [0, 0.05) is 39.3 Å². The third-order valence-corrected chi connectivity index (χ3v) is 5.16. The molecule has 0 unspecified atom stereocenters. The highest BCUT2D eigenvalue weighted by Gasteiger charge is 2.51. The van der Waals surface area contributed by atoms with Gasteiger partial charge in [0.1, 0.15) is 18.8 Å². The van der Waals surface area contributed by atoms with Crippen molar-refractivity contribution in [2.75, 3.05) is 6.61 Å². The predicted molar refractivity (Wildman–Crippen MR) is 112 cm³/mol. The lowest BCUT2D eigenvalue weighted by Gasteiger charge is -2.44. The Morgan fingerprint density at radius 2 is 1.48 bits per heavy atom. The molecule has 0 N–H and O–H groups in total. The highest BCUT2D eigenvalue weighted by molar-refractivity contribution is 7.11. The van der Waals surface area contributed by atoms with Crippen molar-refractivity contribution in [2.24, 2.45) is 0 Å². The van der Waals surface area contributed by atoms with Gasteiger partial charge < -0.3 is 23.7 Å². The summed E-state index contributed by atoms with van der Waals surface area (Å²) in [5.74, 6) is -3.03. The average molecular weight is 483 g/mol. The quantitative estimate of drug-likeness (QED) is 0.217. The van der Waals surface area contributed by atoms with Crippen molar-refractivity contribution in [3.05, 3.63) is 28.7 Å². The predicted octanol–water partition coefficient (Wildman–Crippen LogP) is 1.40. The molecule has 1 aliphatic rings. The highest BCUT2D eigenvalue weighted by atomic mass is 32.1. The Hall–Kier alpha value is -3.12. The number of allylic oxidation sites excluding steroid dienone is 1. The van der Waals surface area contributed by atoms with E-state index in [0.29, 0.717) is 5.01 Å². The van der Waals surface area contributed by atoms with E-state index in [1.165, 1.54) is 36.6 Å². The van der Waals surface area contributed by atoms with Crippen molar-refractivity contribution >= 4 is 41.0 Å². The molecule has 1 aromatic rings. The van der Waals surface area contributed by atoms with Gasteiger partial charge in [-0.2, -0.15) is 0 Å². The molecule has 12 heteroatoms. The second-order valence-electron chi connectivity index (χ2n) is 7.08. The molecule has 0 saturated carbocycles. The van der Waals surface area contributed by atoms with Crippen LogP contribution in [0.5, 0.6) is 0 Å². The summed E-state index contributed by atoms with van der Waals surface area (Å²) in [5.41, 5.74) is 0. The molecule has 5 atom stereocenters. The lowest BCUT2D eigenvalue weighted by molar-refractivity contribution is -0.251. The zero-order valence-corrected chi connectivity index (χ0v) is 19.4. The van der Waals surface area contributed by atoms with Crippen molar-refractivity contribution in [3.8, 4) is 0 Å². The number of ether oxygens (including phenoxy) is 5. The van der Waals surface area contributed by atoms with Gasteiger partial charge in [0.05, 0.1) is 0 Å². The number of carbonyl (C=O) groups excluding carboxylic acids is 5. The Balaban J connectivity index is 2.33. The van der Waals surface area contributed by atoms with Crippen LogP contribution in [0.2, 0.25) is 0 Å².